The lowest BCUT2D eigenvalue weighted by Crippen LogP contribution is -2.25. The third-order valence-electron chi connectivity index (χ3n) is 3.20. The number of carbonyl (C=O) groups excluding carboxylic acids is 2. The maximum absolute atomic E-state index is 11.8. The fourth-order valence-electron chi connectivity index (χ4n) is 2.23. The molecule has 2 rings (SSSR count). The molecule has 0 radical (unpaired) electrons. The van der Waals surface area contributed by atoms with Crippen molar-refractivity contribution in [3.8, 4) is 5.75 Å². The highest BCUT2D eigenvalue weighted by molar-refractivity contribution is 5.82. The van der Waals surface area contributed by atoms with Crippen molar-refractivity contribution in [1.29, 1.82) is 0 Å². The van der Waals surface area contributed by atoms with Gasteiger partial charge in [-0.15, -0.1) is 0 Å². The number of hydrogen-bond donors (Lipinski definition) is 1. The first-order valence-electron chi connectivity index (χ1n) is 6.88. The zero-order chi connectivity index (χ0) is 15.2. The van der Waals surface area contributed by atoms with E-state index in [0.717, 1.165) is 23.3 Å². The van der Waals surface area contributed by atoms with E-state index in [2.05, 4.69) is 10.1 Å². The number of methoxy groups -OCH3 is 1. The number of esters is 1. The second-order valence-electron chi connectivity index (χ2n) is 4.98. The van der Waals surface area contributed by atoms with Crippen LogP contribution in [0, 0.1) is 0 Å². The van der Waals surface area contributed by atoms with Crippen LogP contribution in [0.4, 0.5) is 0 Å². The van der Waals surface area contributed by atoms with Gasteiger partial charge >= 0.3 is 5.97 Å². The van der Waals surface area contributed by atoms with Gasteiger partial charge in [0.1, 0.15) is 11.9 Å². The van der Waals surface area contributed by atoms with E-state index in [1.165, 1.54) is 13.2 Å². The van der Waals surface area contributed by atoms with Gasteiger partial charge in [0.25, 0.3) is 0 Å². The summed E-state index contributed by atoms with van der Waals surface area (Å²) >= 11 is 0. The summed E-state index contributed by atoms with van der Waals surface area (Å²) in [6.45, 7) is 2.33. The molecule has 1 aliphatic heterocycles. The van der Waals surface area contributed by atoms with Crippen molar-refractivity contribution in [1.82, 2.24) is 5.32 Å². The average Bonchev–Trinajstić information content (AvgIpc) is 2.82. The molecular formula is C16H19NO4. The molecule has 0 saturated carbocycles. The Balaban J connectivity index is 1.82. The number of ether oxygens (including phenoxy) is 2. The second kappa shape index (κ2) is 6.92. The molecule has 0 aromatic heterocycles. The molecule has 1 aliphatic rings. The van der Waals surface area contributed by atoms with Crippen molar-refractivity contribution < 1.29 is 19.1 Å². The molecule has 1 heterocycles. The van der Waals surface area contributed by atoms with Crippen LogP contribution in [0.2, 0.25) is 0 Å². The molecule has 112 valence electrons. The third-order valence-corrected chi connectivity index (χ3v) is 3.20. The number of rotatable bonds is 5. The van der Waals surface area contributed by atoms with Crippen molar-refractivity contribution in [2.75, 3.05) is 13.7 Å². The predicted molar refractivity (Wildman–Crippen MR) is 78.1 cm³/mol. The minimum Gasteiger partial charge on any atom is -0.490 e. The van der Waals surface area contributed by atoms with Gasteiger partial charge in [-0.3, -0.25) is 4.79 Å². The van der Waals surface area contributed by atoms with Crippen molar-refractivity contribution in [2.45, 2.75) is 25.9 Å². The van der Waals surface area contributed by atoms with Crippen LogP contribution in [0.15, 0.2) is 30.4 Å². The number of carbonyl (C=O) groups is 2. The van der Waals surface area contributed by atoms with Crippen molar-refractivity contribution in [3.05, 3.63) is 41.5 Å². The summed E-state index contributed by atoms with van der Waals surface area (Å²) in [6.07, 6.45) is 4.24. The van der Waals surface area contributed by atoms with Crippen LogP contribution in [-0.4, -0.2) is 31.6 Å². The van der Waals surface area contributed by atoms with Crippen LogP contribution in [0.5, 0.6) is 5.75 Å². The van der Waals surface area contributed by atoms with Crippen molar-refractivity contribution in [2.24, 2.45) is 0 Å². The number of nitrogens with one attached hydrogen (secondary N) is 1. The standard InChI is InChI=1S/C16H19NO4/c1-11-8-13-9-12(5-6-14(13)21-11)10-15(18)17-7-3-4-16(19)20-2/h3-6,9,11H,7-8,10H2,1-2H3,(H,17,18)/b4-3+. The molecule has 5 heteroatoms. The fraction of sp³-hybridized carbons (Fsp3) is 0.375. The van der Waals surface area contributed by atoms with E-state index >= 15 is 0 Å². The lowest BCUT2D eigenvalue weighted by atomic mass is 10.0. The molecule has 1 unspecified atom stereocenters. The Bertz CT molecular complexity index is 565. The van der Waals surface area contributed by atoms with Gasteiger partial charge in [-0.25, -0.2) is 4.79 Å². The van der Waals surface area contributed by atoms with Crippen LogP contribution >= 0.6 is 0 Å². The first kappa shape index (κ1) is 15.1. The van der Waals surface area contributed by atoms with Gasteiger partial charge < -0.3 is 14.8 Å². The van der Waals surface area contributed by atoms with Gasteiger partial charge in [-0.2, -0.15) is 0 Å². The highest BCUT2D eigenvalue weighted by Crippen LogP contribution is 2.29. The summed E-state index contributed by atoms with van der Waals surface area (Å²) in [5.41, 5.74) is 2.11. The smallest absolute Gasteiger partial charge is 0.330 e. The van der Waals surface area contributed by atoms with E-state index < -0.39 is 5.97 Å². The SMILES string of the molecule is COC(=O)/C=C/CNC(=O)Cc1ccc2c(c1)CC(C)O2. The molecule has 0 saturated heterocycles. The van der Waals surface area contributed by atoms with Gasteiger partial charge in [0.2, 0.25) is 5.91 Å². The Labute approximate surface area is 123 Å². The lowest BCUT2D eigenvalue weighted by Gasteiger charge is -2.05. The minimum atomic E-state index is -0.433. The van der Waals surface area contributed by atoms with Gasteiger partial charge in [0.15, 0.2) is 0 Å². The van der Waals surface area contributed by atoms with Gasteiger partial charge in [-0.1, -0.05) is 18.2 Å². The second-order valence-corrected chi connectivity index (χ2v) is 4.98. The van der Waals surface area contributed by atoms with Crippen LogP contribution in [0.3, 0.4) is 0 Å². The highest BCUT2D eigenvalue weighted by atomic mass is 16.5. The molecule has 1 atom stereocenters. The molecule has 1 amide bonds. The summed E-state index contributed by atoms with van der Waals surface area (Å²) < 4.78 is 10.1. The molecule has 0 aliphatic carbocycles. The lowest BCUT2D eigenvalue weighted by molar-refractivity contribution is -0.134. The number of benzene rings is 1. The quantitative estimate of drug-likeness (QED) is 0.657. The van der Waals surface area contributed by atoms with Gasteiger partial charge in [0.05, 0.1) is 13.5 Å². The van der Waals surface area contributed by atoms with Crippen LogP contribution < -0.4 is 10.1 Å². The Morgan fingerprint density at radius 2 is 2.29 bits per heavy atom. The summed E-state index contributed by atoms with van der Waals surface area (Å²) in [4.78, 5) is 22.6. The minimum absolute atomic E-state index is 0.0866. The number of fused-ring (bicyclic) bond motifs is 1. The number of amides is 1. The summed E-state index contributed by atoms with van der Waals surface area (Å²) in [6, 6.07) is 5.84. The molecule has 0 spiro atoms. The Hall–Kier alpha value is -2.30. The summed E-state index contributed by atoms with van der Waals surface area (Å²) in [7, 11) is 1.31. The molecule has 5 nitrogen and oxygen atoms in total. The monoisotopic (exact) mass is 289 g/mol. The molecule has 21 heavy (non-hydrogen) atoms. The van der Waals surface area contributed by atoms with E-state index in [9.17, 15) is 9.59 Å². The maximum atomic E-state index is 11.8. The Kier molecular flexibility index (Phi) is 4.98. The first-order chi connectivity index (χ1) is 10.1. The topological polar surface area (TPSA) is 64.6 Å². The Morgan fingerprint density at radius 1 is 1.48 bits per heavy atom. The van der Waals surface area contributed by atoms with Crippen molar-refractivity contribution in [3.63, 3.8) is 0 Å². The average molecular weight is 289 g/mol. The van der Waals surface area contributed by atoms with Crippen LogP contribution in [0.25, 0.3) is 0 Å². The van der Waals surface area contributed by atoms with E-state index in [1.807, 2.05) is 25.1 Å². The molecule has 0 fully saturated rings. The van der Waals surface area contributed by atoms with E-state index in [1.54, 1.807) is 6.08 Å². The third kappa shape index (κ3) is 4.34. The molecule has 1 N–H and O–H groups in total. The zero-order valence-corrected chi connectivity index (χ0v) is 12.2. The van der Waals surface area contributed by atoms with E-state index in [-0.39, 0.29) is 12.0 Å². The molecule has 1 aromatic rings. The molecule has 0 bridgehead atoms. The highest BCUT2D eigenvalue weighted by Gasteiger charge is 2.19. The van der Waals surface area contributed by atoms with Crippen LogP contribution in [-0.2, 0) is 27.2 Å². The molecule has 1 aromatic carbocycles. The van der Waals surface area contributed by atoms with Crippen molar-refractivity contribution >= 4 is 11.9 Å². The Morgan fingerprint density at radius 3 is 3.05 bits per heavy atom. The summed E-state index contributed by atoms with van der Waals surface area (Å²) in [5, 5.41) is 2.72. The zero-order valence-electron chi connectivity index (χ0n) is 12.2. The fourth-order valence-corrected chi connectivity index (χ4v) is 2.23. The predicted octanol–water partition coefficient (Wildman–Crippen LogP) is 1.40. The molecular weight excluding hydrogens is 270 g/mol. The normalized spacial score (nSPS) is 16.4. The van der Waals surface area contributed by atoms with E-state index in [0.29, 0.717) is 13.0 Å². The first-order valence-corrected chi connectivity index (χ1v) is 6.88. The largest absolute Gasteiger partial charge is 0.490 e. The maximum Gasteiger partial charge on any atom is 0.330 e. The van der Waals surface area contributed by atoms with Gasteiger partial charge in [-0.05, 0) is 24.1 Å². The van der Waals surface area contributed by atoms with E-state index in [4.69, 9.17) is 4.74 Å². The van der Waals surface area contributed by atoms with Crippen LogP contribution in [0.1, 0.15) is 18.1 Å². The number of hydrogen-bond acceptors (Lipinski definition) is 4. The summed E-state index contributed by atoms with van der Waals surface area (Å²) in [5.74, 6) is 0.390. The van der Waals surface area contributed by atoms with Gasteiger partial charge in [0, 0.05) is 19.0 Å².